The van der Waals surface area contributed by atoms with E-state index < -0.39 is 0 Å². The molecule has 5 heteroatoms. The van der Waals surface area contributed by atoms with Crippen molar-refractivity contribution in [3.63, 3.8) is 0 Å². The maximum Gasteiger partial charge on any atom is 0.294 e. The molecule has 1 aliphatic heterocycles. The Bertz CT molecular complexity index is 1490. The molecular formula is C36H38N2O3. The second kappa shape index (κ2) is 10.2. The Morgan fingerprint density at radius 2 is 1.66 bits per heavy atom. The van der Waals surface area contributed by atoms with E-state index in [1.165, 1.54) is 38.5 Å². The lowest BCUT2D eigenvalue weighted by Crippen LogP contribution is -2.55. The number of anilines is 1. The molecule has 0 saturated heterocycles. The number of para-hydroxylation sites is 2. The normalized spacial score (nSPS) is 27.9. The third-order valence-corrected chi connectivity index (χ3v) is 10.1. The third-order valence-electron chi connectivity index (χ3n) is 10.1. The van der Waals surface area contributed by atoms with Gasteiger partial charge in [0.25, 0.3) is 11.8 Å². The quantitative estimate of drug-likeness (QED) is 0.330. The molecule has 0 aromatic heterocycles. The van der Waals surface area contributed by atoms with E-state index in [9.17, 15) is 9.59 Å². The Hall–Kier alpha value is -3.86. The zero-order chi connectivity index (χ0) is 28.1. The van der Waals surface area contributed by atoms with E-state index in [2.05, 4.69) is 31.3 Å². The number of aryl methyl sites for hydroxylation is 1. The number of fused-ring (bicyclic) bond motifs is 1. The summed E-state index contributed by atoms with van der Waals surface area (Å²) in [6, 6.07) is 23.5. The summed E-state index contributed by atoms with van der Waals surface area (Å²) in [6.45, 7) is 4.73. The number of nitrogens with zero attached hydrogens (tertiary/aromatic N) is 1. The molecule has 210 valence electrons. The SMILES string of the molecule is Cc1cccc(CN2C(=O)/C(=C\c3ccc(C(=O)N[C@H](C)C45CC6CC(CC(C6)C4)C5)cc3)Oc3ccccc32)c1. The van der Waals surface area contributed by atoms with E-state index in [0.717, 1.165) is 40.1 Å². The Labute approximate surface area is 242 Å². The summed E-state index contributed by atoms with van der Waals surface area (Å²) in [6.07, 6.45) is 9.78. The molecule has 4 aliphatic carbocycles. The van der Waals surface area contributed by atoms with Gasteiger partial charge in [-0.1, -0.05) is 54.1 Å². The topological polar surface area (TPSA) is 58.6 Å². The predicted molar refractivity (Wildman–Crippen MR) is 161 cm³/mol. The molecular weight excluding hydrogens is 508 g/mol. The molecule has 0 unspecified atom stereocenters. The van der Waals surface area contributed by atoms with Gasteiger partial charge in [0.2, 0.25) is 0 Å². The standard InChI is InChI=1S/C36H38N2O3/c1-23-6-5-7-26(14-23)22-38-31-8-3-4-9-32(31)41-33(35(38)40)18-25-10-12-30(13-11-25)34(39)37-24(2)36-19-27-15-28(20-36)17-29(16-27)21-36/h3-14,18,24,27-29H,15-17,19-22H2,1-2H3,(H,37,39)/b33-18+/t24-,27?,28?,29?,36?/m1/s1. The molecule has 8 rings (SSSR count). The molecule has 1 N–H and O–H groups in total. The highest BCUT2D eigenvalue weighted by molar-refractivity contribution is 6.09. The highest BCUT2D eigenvalue weighted by Gasteiger charge is 2.53. The van der Waals surface area contributed by atoms with Crippen LogP contribution in [0, 0.1) is 30.1 Å². The fourth-order valence-corrected chi connectivity index (χ4v) is 8.44. The highest BCUT2D eigenvalue weighted by Crippen LogP contribution is 2.61. The molecule has 4 fully saturated rings. The summed E-state index contributed by atoms with van der Waals surface area (Å²) >= 11 is 0. The molecule has 1 atom stereocenters. The first-order valence-electron chi connectivity index (χ1n) is 15.1. The fourth-order valence-electron chi connectivity index (χ4n) is 8.44. The average Bonchev–Trinajstić information content (AvgIpc) is 2.95. The molecule has 1 heterocycles. The first-order chi connectivity index (χ1) is 19.8. The van der Waals surface area contributed by atoms with Crippen molar-refractivity contribution in [2.24, 2.45) is 23.2 Å². The van der Waals surface area contributed by atoms with Gasteiger partial charge in [-0.3, -0.25) is 14.5 Å². The first kappa shape index (κ1) is 26.1. The zero-order valence-corrected chi connectivity index (χ0v) is 23.9. The Kier molecular flexibility index (Phi) is 6.49. The summed E-state index contributed by atoms with van der Waals surface area (Å²) in [5, 5.41) is 3.37. The van der Waals surface area contributed by atoms with E-state index in [0.29, 0.717) is 17.9 Å². The van der Waals surface area contributed by atoms with Gasteiger partial charge in [0, 0.05) is 11.6 Å². The third kappa shape index (κ3) is 4.96. The Balaban J connectivity index is 1.07. The number of hydrogen-bond donors (Lipinski definition) is 1. The van der Waals surface area contributed by atoms with Crippen LogP contribution in [0.15, 0.2) is 78.6 Å². The number of ether oxygens (including phenoxy) is 1. The van der Waals surface area contributed by atoms with Crippen molar-refractivity contribution in [2.75, 3.05) is 4.90 Å². The maximum atomic E-state index is 13.6. The molecule has 5 nitrogen and oxygen atoms in total. The summed E-state index contributed by atoms with van der Waals surface area (Å²) < 4.78 is 6.08. The average molecular weight is 547 g/mol. The molecule has 4 bridgehead atoms. The van der Waals surface area contributed by atoms with Crippen LogP contribution in [0.2, 0.25) is 0 Å². The van der Waals surface area contributed by atoms with Gasteiger partial charge in [0.1, 0.15) is 0 Å². The molecule has 5 aliphatic rings. The molecule has 3 aromatic rings. The van der Waals surface area contributed by atoms with Crippen LogP contribution in [-0.4, -0.2) is 17.9 Å². The first-order valence-corrected chi connectivity index (χ1v) is 15.1. The number of hydrogen-bond acceptors (Lipinski definition) is 3. The molecule has 0 radical (unpaired) electrons. The van der Waals surface area contributed by atoms with Crippen LogP contribution in [0.4, 0.5) is 5.69 Å². The van der Waals surface area contributed by atoms with Crippen LogP contribution in [0.5, 0.6) is 5.75 Å². The molecule has 0 spiro atoms. The number of carbonyl (C=O) groups is 2. The lowest BCUT2D eigenvalue weighted by molar-refractivity contribution is -0.117. The number of benzene rings is 3. The van der Waals surface area contributed by atoms with Crippen LogP contribution in [0.3, 0.4) is 0 Å². The van der Waals surface area contributed by atoms with Crippen molar-refractivity contribution in [1.82, 2.24) is 5.32 Å². The van der Waals surface area contributed by atoms with E-state index in [-0.39, 0.29) is 29.0 Å². The van der Waals surface area contributed by atoms with E-state index in [1.807, 2.05) is 60.7 Å². The van der Waals surface area contributed by atoms with Crippen LogP contribution < -0.4 is 15.0 Å². The molecule has 3 aromatic carbocycles. The number of nitrogens with one attached hydrogen (secondary N) is 1. The minimum absolute atomic E-state index is 0.0179. The second-order valence-corrected chi connectivity index (χ2v) is 13.1. The van der Waals surface area contributed by atoms with Crippen molar-refractivity contribution in [1.29, 1.82) is 0 Å². The van der Waals surface area contributed by atoms with E-state index >= 15 is 0 Å². The van der Waals surface area contributed by atoms with Crippen LogP contribution in [0.1, 0.15) is 72.5 Å². The zero-order valence-electron chi connectivity index (χ0n) is 23.9. The Morgan fingerprint density at radius 3 is 2.34 bits per heavy atom. The van der Waals surface area contributed by atoms with Crippen molar-refractivity contribution >= 4 is 23.6 Å². The summed E-state index contributed by atoms with van der Waals surface area (Å²) in [5.74, 6) is 3.30. The van der Waals surface area contributed by atoms with Crippen molar-refractivity contribution in [3.8, 4) is 5.75 Å². The minimum Gasteiger partial charge on any atom is -0.449 e. The van der Waals surface area contributed by atoms with Crippen LogP contribution in [-0.2, 0) is 11.3 Å². The van der Waals surface area contributed by atoms with E-state index in [1.54, 1.807) is 11.0 Å². The van der Waals surface area contributed by atoms with Gasteiger partial charge < -0.3 is 10.1 Å². The van der Waals surface area contributed by atoms with Crippen molar-refractivity contribution < 1.29 is 14.3 Å². The second-order valence-electron chi connectivity index (χ2n) is 13.1. The number of amides is 2. The maximum absolute atomic E-state index is 13.6. The lowest BCUT2D eigenvalue weighted by atomic mass is 9.48. The highest BCUT2D eigenvalue weighted by atomic mass is 16.5. The minimum atomic E-state index is -0.184. The fraction of sp³-hybridized carbons (Fsp3) is 0.389. The smallest absolute Gasteiger partial charge is 0.294 e. The van der Waals surface area contributed by atoms with Crippen molar-refractivity contribution in [2.45, 2.75) is 65.0 Å². The monoisotopic (exact) mass is 546 g/mol. The molecule has 2 amide bonds. The number of rotatable bonds is 6. The van der Waals surface area contributed by atoms with Gasteiger partial charge in [0.05, 0.1) is 12.2 Å². The lowest BCUT2D eigenvalue weighted by Gasteiger charge is -2.59. The summed E-state index contributed by atoms with van der Waals surface area (Å²) in [7, 11) is 0. The number of carbonyl (C=O) groups excluding carboxylic acids is 2. The van der Waals surface area contributed by atoms with Gasteiger partial charge in [-0.15, -0.1) is 0 Å². The van der Waals surface area contributed by atoms with Crippen LogP contribution in [0.25, 0.3) is 6.08 Å². The summed E-state index contributed by atoms with van der Waals surface area (Å²) in [5.41, 5.74) is 4.71. The summed E-state index contributed by atoms with van der Waals surface area (Å²) in [4.78, 5) is 28.6. The van der Waals surface area contributed by atoms with Gasteiger partial charge in [-0.25, -0.2) is 0 Å². The molecule has 4 saturated carbocycles. The van der Waals surface area contributed by atoms with Gasteiger partial charge in [-0.05, 0) is 117 Å². The van der Waals surface area contributed by atoms with Gasteiger partial charge in [-0.2, -0.15) is 0 Å². The van der Waals surface area contributed by atoms with Gasteiger partial charge in [0.15, 0.2) is 11.5 Å². The largest absolute Gasteiger partial charge is 0.449 e. The molecule has 41 heavy (non-hydrogen) atoms. The van der Waals surface area contributed by atoms with Gasteiger partial charge >= 0.3 is 0 Å². The Morgan fingerprint density at radius 1 is 0.976 bits per heavy atom. The predicted octanol–water partition coefficient (Wildman–Crippen LogP) is 7.30. The van der Waals surface area contributed by atoms with Crippen LogP contribution >= 0.6 is 0 Å². The van der Waals surface area contributed by atoms with Crippen molar-refractivity contribution in [3.05, 3.63) is 101 Å². The van der Waals surface area contributed by atoms with E-state index in [4.69, 9.17) is 4.74 Å².